The normalized spacial score (nSPS) is 25.0. The summed E-state index contributed by atoms with van der Waals surface area (Å²) in [4.78, 5) is 23.5. The summed E-state index contributed by atoms with van der Waals surface area (Å²) < 4.78 is 5.44. The van der Waals surface area contributed by atoms with E-state index in [0.29, 0.717) is 0 Å². The minimum absolute atomic E-state index is 0.847. The van der Waals surface area contributed by atoms with E-state index in [-0.39, 0.29) is 0 Å². The Labute approximate surface area is 148 Å². The SMILES string of the molecule is CC1CCCCC1N1CCN(Cc2ccco2)CC1.O=C(O)C(=O)O. The van der Waals surface area contributed by atoms with Gasteiger partial charge in [-0.25, -0.2) is 9.59 Å². The number of hydrogen-bond acceptors (Lipinski definition) is 5. The average molecular weight is 352 g/mol. The van der Waals surface area contributed by atoms with Crippen molar-refractivity contribution in [2.24, 2.45) is 5.92 Å². The van der Waals surface area contributed by atoms with E-state index in [4.69, 9.17) is 24.2 Å². The van der Waals surface area contributed by atoms with Gasteiger partial charge in [-0.1, -0.05) is 19.8 Å². The van der Waals surface area contributed by atoms with Crippen LogP contribution in [0, 0.1) is 5.92 Å². The molecular formula is C18H28N2O5. The van der Waals surface area contributed by atoms with Crippen LogP contribution in [0.15, 0.2) is 22.8 Å². The third-order valence-electron chi connectivity index (χ3n) is 5.08. The number of carbonyl (C=O) groups is 2. The van der Waals surface area contributed by atoms with Crippen LogP contribution in [0.25, 0.3) is 0 Å². The lowest BCUT2D eigenvalue weighted by molar-refractivity contribution is -0.159. The van der Waals surface area contributed by atoms with Crippen LogP contribution in [0.5, 0.6) is 0 Å². The highest BCUT2D eigenvalue weighted by Gasteiger charge is 2.29. The van der Waals surface area contributed by atoms with Crippen molar-refractivity contribution < 1.29 is 24.2 Å². The zero-order chi connectivity index (χ0) is 18.2. The van der Waals surface area contributed by atoms with Gasteiger partial charge in [0.05, 0.1) is 12.8 Å². The molecule has 2 unspecified atom stereocenters. The topological polar surface area (TPSA) is 94.2 Å². The van der Waals surface area contributed by atoms with E-state index >= 15 is 0 Å². The fourth-order valence-corrected chi connectivity index (χ4v) is 3.72. The summed E-state index contributed by atoms with van der Waals surface area (Å²) in [6, 6.07) is 4.91. The van der Waals surface area contributed by atoms with Gasteiger partial charge in [0.25, 0.3) is 0 Å². The lowest BCUT2D eigenvalue weighted by Gasteiger charge is -2.43. The fourth-order valence-electron chi connectivity index (χ4n) is 3.72. The van der Waals surface area contributed by atoms with E-state index in [1.807, 2.05) is 6.07 Å². The van der Waals surface area contributed by atoms with Gasteiger partial charge in [-0.05, 0) is 30.9 Å². The maximum Gasteiger partial charge on any atom is 0.414 e. The van der Waals surface area contributed by atoms with Gasteiger partial charge in [0.2, 0.25) is 0 Å². The predicted octanol–water partition coefficient (Wildman–Crippen LogP) is 2.13. The molecule has 2 N–H and O–H groups in total. The fraction of sp³-hybridized carbons (Fsp3) is 0.667. The van der Waals surface area contributed by atoms with Gasteiger partial charge in [-0.3, -0.25) is 9.80 Å². The largest absolute Gasteiger partial charge is 0.473 e. The molecular weight excluding hydrogens is 324 g/mol. The van der Waals surface area contributed by atoms with Gasteiger partial charge in [0, 0.05) is 32.2 Å². The first-order valence-corrected chi connectivity index (χ1v) is 8.92. The molecule has 1 aliphatic carbocycles. The number of hydrogen-bond donors (Lipinski definition) is 2. The number of aliphatic carboxylic acids is 2. The van der Waals surface area contributed by atoms with Crippen molar-refractivity contribution in [1.29, 1.82) is 0 Å². The highest BCUT2D eigenvalue weighted by molar-refractivity contribution is 6.27. The van der Waals surface area contributed by atoms with E-state index in [9.17, 15) is 0 Å². The molecule has 140 valence electrons. The summed E-state index contributed by atoms with van der Waals surface area (Å²) in [5, 5.41) is 14.8. The Morgan fingerprint density at radius 1 is 1.12 bits per heavy atom. The van der Waals surface area contributed by atoms with Gasteiger partial charge in [-0.2, -0.15) is 0 Å². The Bertz CT molecular complexity index is 526. The molecule has 7 heteroatoms. The van der Waals surface area contributed by atoms with Crippen LogP contribution in [-0.2, 0) is 16.1 Å². The van der Waals surface area contributed by atoms with Crippen LogP contribution in [0.3, 0.4) is 0 Å². The summed E-state index contributed by atoms with van der Waals surface area (Å²) in [6.45, 7) is 8.25. The van der Waals surface area contributed by atoms with Crippen molar-refractivity contribution in [2.75, 3.05) is 26.2 Å². The van der Waals surface area contributed by atoms with Crippen molar-refractivity contribution in [3.05, 3.63) is 24.2 Å². The minimum atomic E-state index is -1.82. The summed E-state index contributed by atoms with van der Waals surface area (Å²) in [7, 11) is 0. The molecule has 1 saturated carbocycles. The highest BCUT2D eigenvalue weighted by Crippen LogP contribution is 2.28. The molecule has 0 spiro atoms. The second kappa shape index (κ2) is 9.58. The molecule has 25 heavy (non-hydrogen) atoms. The first-order chi connectivity index (χ1) is 12.0. The van der Waals surface area contributed by atoms with Crippen LogP contribution >= 0.6 is 0 Å². The number of furan rings is 1. The summed E-state index contributed by atoms with van der Waals surface area (Å²) in [6.07, 6.45) is 7.49. The average Bonchev–Trinajstić information content (AvgIpc) is 3.10. The van der Waals surface area contributed by atoms with Crippen LogP contribution in [0.4, 0.5) is 0 Å². The second-order valence-corrected chi connectivity index (χ2v) is 6.83. The van der Waals surface area contributed by atoms with Crippen molar-refractivity contribution in [2.45, 2.75) is 45.2 Å². The Kier molecular flexibility index (Phi) is 7.46. The summed E-state index contributed by atoms with van der Waals surface area (Å²) in [5.74, 6) is -1.66. The molecule has 2 atom stereocenters. The van der Waals surface area contributed by atoms with E-state index in [2.05, 4.69) is 22.8 Å². The number of piperazine rings is 1. The molecule has 2 fully saturated rings. The van der Waals surface area contributed by atoms with Crippen molar-refractivity contribution in [3.63, 3.8) is 0 Å². The monoisotopic (exact) mass is 352 g/mol. The lowest BCUT2D eigenvalue weighted by Crippen LogP contribution is -2.52. The molecule has 1 aromatic rings. The summed E-state index contributed by atoms with van der Waals surface area (Å²) >= 11 is 0. The molecule has 2 heterocycles. The number of carboxylic acids is 2. The summed E-state index contributed by atoms with van der Waals surface area (Å²) in [5.41, 5.74) is 0. The zero-order valence-electron chi connectivity index (χ0n) is 14.8. The van der Waals surface area contributed by atoms with Crippen molar-refractivity contribution in [3.8, 4) is 0 Å². The molecule has 1 aromatic heterocycles. The molecule has 3 rings (SSSR count). The molecule has 2 aliphatic rings. The molecule has 1 saturated heterocycles. The second-order valence-electron chi connectivity index (χ2n) is 6.83. The Balaban J connectivity index is 0.000000326. The lowest BCUT2D eigenvalue weighted by atomic mass is 9.84. The van der Waals surface area contributed by atoms with Gasteiger partial charge in [-0.15, -0.1) is 0 Å². The van der Waals surface area contributed by atoms with Gasteiger partial charge < -0.3 is 14.6 Å². The van der Waals surface area contributed by atoms with Crippen LogP contribution in [0.1, 0.15) is 38.4 Å². The van der Waals surface area contributed by atoms with Crippen molar-refractivity contribution >= 4 is 11.9 Å². The Morgan fingerprint density at radius 2 is 1.76 bits per heavy atom. The van der Waals surface area contributed by atoms with Gasteiger partial charge >= 0.3 is 11.9 Å². The van der Waals surface area contributed by atoms with Crippen LogP contribution in [0.2, 0.25) is 0 Å². The first-order valence-electron chi connectivity index (χ1n) is 8.92. The van der Waals surface area contributed by atoms with E-state index in [0.717, 1.165) is 24.3 Å². The van der Waals surface area contributed by atoms with Gasteiger partial charge in [0.1, 0.15) is 5.76 Å². The zero-order valence-corrected chi connectivity index (χ0v) is 14.8. The Hall–Kier alpha value is -1.86. The molecule has 0 aromatic carbocycles. The molecule has 0 bridgehead atoms. The third kappa shape index (κ3) is 6.17. The number of rotatable bonds is 3. The Morgan fingerprint density at radius 3 is 2.28 bits per heavy atom. The number of nitrogens with zero attached hydrogens (tertiary/aromatic N) is 2. The standard InChI is InChI=1S/C16H26N2O.C2H2O4/c1-14-5-2-3-7-16(14)18-10-8-17(9-11-18)13-15-6-4-12-19-15;3-1(4)2(5)6/h4,6,12,14,16H,2-3,5,7-11,13H2,1H3;(H,3,4)(H,5,6). The molecule has 0 amide bonds. The van der Waals surface area contributed by atoms with E-state index < -0.39 is 11.9 Å². The van der Waals surface area contributed by atoms with Crippen molar-refractivity contribution in [1.82, 2.24) is 9.80 Å². The predicted molar refractivity (Wildman–Crippen MR) is 92.2 cm³/mol. The highest BCUT2D eigenvalue weighted by atomic mass is 16.4. The number of carboxylic acid groups (broad SMARTS) is 2. The van der Waals surface area contributed by atoms with E-state index in [1.54, 1.807) is 6.26 Å². The van der Waals surface area contributed by atoms with Gasteiger partial charge in [0.15, 0.2) is 0 Å². The minimum Gasteiger partial charge on any atom is -0.473 e. The molecule has 0 radical (unpaired) electrons. The first kappa shape index (κ1) is 19.5. The third-order valence-corrected chi connectivity index (χ3v) is 5.08. The maximum absolute atomic E-state index is 9.10. The van der Waals surface area contributed by atoms with Crippen LogP contribution in [-0.4, -0.2) is 64.2 Å². The molecule has 7 nitrogen and oxygen atoms in total. The maximum atomic E-state index is 9.10. The smallest absolute Gasteiger partial charge is 0.414 e. The van der Waals surface area contributed by atoms with E-state index in [1.165, 1.54) is 51.9 Å². The quantitative estimate of drug-likeness (QED) is 0.805. The molecule has 1 aliphatic heterocycles. The van der Waals surface area contributed by atoms with Crippen LogP contribution < -0.4 is 0 Å².